The Balaban J connectivity index is 1.82. The number of hydrogen-bond donors (Lipinski definition) is 1. The van der Waals surface area contributed by atoms with Crippen molar-refractivity contribution in [2.75, 3.05) is 0 Å². The molecule has 25 heavy (non-hydrogen) atoms. The monoisotopic (exact) mass is 362 g/mol. The van der Waals surface area contributed by atoms with Crippen LogP contribution in [-0.4, -0.2) is 17.1 Å². The highest BCUT2D eigenvalue weighted by Gasteiger charge is 2.42. The summed E-state index contributed by atoms with van der Waals surface area (Å²) in [5, 5.41) is 2.64. The van der Waals surface area contributed by atoms with Crippen molar-refractivity contribution in [3.05, 3.63) is 77.3 Å². The largest absolute Gasteiger partial charge is 0.412 e. The number of carbonyl (C=O) groups excluding carboxylic acids is 1. The summed E-state index contributed by atoms with van der Waals surface area (Å²) in [6, 6.07) is 14.4. The van der Waals surface area contributed by atoms with Crippen molar-refractivity contribution in [1.82, 2.24) is 10.3 Å². The van der Waals surface area contributed by atoms with E-state index in [9.17, 15) is 18.0 Å². The van der Waals surface area contributed by atoms with E-state index in [1.165, 1.54) is 30.5 Å². The number of halogens is 3. The summed E-state index contributed by atoms with van der Waals surface area (Å²) in [5.41, 5.74) is 0.790. The van der Waals surface area contributed by atoms with Crippen LogP contribution >= 0.6 is 11.3 Å². The molecule has 0 aliphatic rings. The minimum absolute atomic E-state index is 0.0175. The van der Waals surface area contributed by atoms with E-state index in [2.05, 4.69) is 10.3 Å². The zero-order chi connectivity index (χ0) is 17.9. The van der Waals surface area contributed by atoms with E-state index in [1.807, 2.05) is 30.3 Å². The first-order valence-electron chi connectivity index (χ1n) is 7.39. The van der Waals surface area contributed by atoms with Gasteiger partial charge in [0.25, 0.3) is 5.91 Å². The van der Waals surface area contributed by atoms with Crippen LogP contribution in [0.15, 0.2) is 66.9 Å². The number of benzene rings is 2. The van der Waals surface area contributed by atoms with Crippen molar-refractivity contribution in [2.24, 2.45) is 0 Å². The molecule has 1 aromatic heterocycles. The molecule has 3 aromatic rings. The van der Waals surface area contributed by atoms with Gasteiger partial charge in [0.1, 0.15) is 9.88 Å². The Hall–Kier alpha value is -2.67. The molecule has 0 saturated heterocycles. The van der Waals surface area contributed by atoms with Crippen molar-refractivity contribution < 1.29 is 18.0 Å². The Morgan fingerprint density at radius 1 is 1.00 bits per heavy atom. The summed E-state index contributed by atoms with van der Waals surface area (Å²) >= 11 is 1.05. The lowest BCUT2D eigenvalue weighted by molar-refractivity contribution is -0.155. The van der Waals surface area contributed by atoms with Gasteiger partial charge in [-0.2, -0.15) is 13.2 Å². The summed E-state index contributed by atoms with van der Waals surface area (Å²) in [5.74, 6) is -0.800. The van der Waals surface area contributed by atoms with Gasteiger partial charge in [-0.3, -0.25) is 4.79 Å². The summed E-state index contributed by atoms with van der Waals surface area (Å²) in [4.78, 5) is 16.5. The smallest absolute Gasteiger partial charge is 0.336 e. The first kappa shape index (κ1) is 17.2. The molecule has 0 aliphatic heterocycles. The standard InChI is InChI=1S/C18H13F3N2OS/c19-18(20,21)15(12-7-3-1-4-8-12)23-16(24)14-11-22-17(25-14)13-9-5-2-6-10-13/h1-11,15H,(H,23,24). The van der Waals surface area contributed by atoms with Gasteiger partial charge in [0.2, 0.25) is 0 Å². The lowest BCUT2D eigenvalue weighted by atomic mass is 10.1. The van der Waals surface area contributed by atoms with Crippen molar-refractivity contribution >= 4 is 17.2 Å². The lowest BCUT2D eigenvalue weighted by Gasteiger charge is -2.21. The summed E-state index contributed by atoms with van der Waals surface area (Å²) in [6.07, 6.45) is -3.30. The van der Waals surface area contributed by atoms with Gasteiger partial charge in [-0.15, -0.1) is 11.3 Å². The average molecular weight is 362 g/mol. The van der Waals surface area contributed by atoms with E-state index in [0.29, 0.717) is 5.01 Å². The van der Waals surface area contributed by atoms with Gasteiger partial charge in [-0.25, -0.2) is 4.98 Å². The Morgan fingerprint density at radius 3 is 2.20 bits per heavy atom. The van der Waals surface area contributed by atoms with E-state index >= 15 is 0 Å². The Morgan fingerprint density at radius 2 is 1.60 bits per heavy atom. The fourth-order valence-corrected chi connectivity index (χ4v) is 3.12. The predicted molar refractivity (Wildman–Crippen MR) is 90.3 cm³/mol. The van der Waals surface area contributed by atoms with Crippen molar-refractivity contribution in [3.8, 4) is 10.6 Å². The molecule has 7 heteroatoms. The molecule has 0 fully saturated rings. The topological polar surface area (TPSA) is 42.0 Å². The quantitative estimate of drug-likeness (QED) is 0.721. The molecule has 2 aromatic carbocycles. The highest BCUT2D eigenvalue weighted by Crippen LogP contribution is 2.33. The van der Waals surface area contributed by atoms with Crippen LogP contribution in [0, 0.1) is 0 Å². The molecule has 0 spiro atoms. The molecule has 0 bridgehead atoms. The van der Waals surface area contributed by atoms with Gasteiger partial charge in [-0.1, -0.05) is 60.7 Å². The van der Waals surface area contributed by atoms with E-state index in [1.54, 1.807) is 6.07 Å². The highest BCUT2D eigenvalue weighted by molar-refractivity contribution is 7.16. The molecule has 128 valence electrons. The summed E-state index contributed by atoms with van der Waals surface area (Å²) < 4.78 is 40.0. The van der Waals surface area contributed by atoms with E-state index in [4.69, 9.17) is 0 Å². The molecule has 1 unspecified atom stereocenters. The second kappa shape index (κ2) is 7.06. The fraction of sp³-hybridized carbons (Fsp3) is 0.111. The van der Waals surface area contributed by atoms with Crippen LogP contribution in [0.4, 0.5) is 13.2 Å². The Bertz CT molecular complexity index is 848. The summed E-state index contributed by atoms with van der Waals surface area (Å²) in [6.45, 7) is 0. The molecule has 3 nitrogen and oxygen atoms in total. The first-order chi connectivity index (χ1) is 11.9. The number of alkyl halides is 3. The predicted octanol–water partition coefficient (Wildman–Crippen LogP) is 4.84. The van der Waals surface area contributed by atoms with Crippen molar-refractivity contribution in [2.45, 2.75) is 12.2 Å². The molecular formula is C18H13F3N2OS. The maximum Gasteiger partial charge on any atom is 0.412 e. The molecule has 1 amide bonds. The van der Waals surface area contributed by atoms with Gasteiger partial charge >= 0.3 is 6.18 Å². The van der Waals surface area contributed by atoms with Crippen LogP contribution < -0.4 is 5.32 Å². The molecule has 1 heterocycles. The maximum atomic E-state index is 13.3. The number of nitrogens with zero attached hydrogens (tertiary/aromatic N) is 1. The average Bonchev–Trinajstić information content (AvgIpc) is 3.10. The van der Waals surface area contributed by atoms with Gasteiger partial charge in [-0.05, 0) is 5.56 Å². The molecular weight excluding hydrogens is 349 g/mol. The highest BCUT2D eigenvalue weighted by atomic mass is 32.1. The second-order valence-corrected chi connectivity index (χ2v) is 6.29. The second-order valence-electron chi connectivity index (χ2n) is 5.25. The zero-order valence-electron chi connectivity index (χ0n) is 12.8. The minimum atomic E-state index is -4.59. The third kappa shape index (κ3) is 4.06. The Labute approximate surface area is 146 Å². The zero-order valence-corrected chi connectivity index (χ0v) is 13.6. The Kier molecular flexibility index (Phi) is 4.85. The number of hydrogen-bond acceptors (Lipinski definition) is 3. The van der Waals surface area contributed by atoms with Crippen LogP contribution in [-0.2, 0) is 0 Å². The SMILES string of the molecule is O=C(NC(c1ccccc1)C(F)(F)F)c1cnc(-c2ccccc2)s1. The number of carbonyl (C=O) groups is 1. The van der Waals surface area contributed by atoms with Crippen LogP contribution in [0.5, 0.6) is 0 Å². The van der Waals surface area contributed by atoms with Gasteiger partial charge < -0.3 is 5.32 Å². The summed E-state index contributed by atoms with van der Waals surface area (Å²) in [7, 11) is 0. The normalized spacial score (nSPS) is 12.6. The molecule has 3 rings (SSSR count). The van der Waals surface area contributed by atoms with Crippen LogP contribution in [0.25, 0.3) is 10.6 Å². The lowest BCUT2D eigenvalue weighted by Crippen LogP contribution is -2.37. The van der Waals surface area contributed by atoms with Gasteiger partial charge in [0, 0.05) is 5.56 Å². The minimum Gasteiger partial charge on any atom is -0.336 e. The van der Waals surface area contributed by atoms with Crippen molar-refractivity contribution in [3.63, 3.8) is 0 Å². The number of nitrogens with one attached hydrogen (secondary N) is 1. The molecule has 1 N–H and O–H groups in total. The van der Waals surface area contributed by atoms with Gasteiger partial charge in [0.15, 0.2) is 6.04 Å². The number of rotatable bonds is 4. The van der Waals surface area contributed by atoms with E-state index in [0.717, 1.165) is 16.9 Å². The number of thiazole rings is 1. The fourth-order valence-electron chi connectivity index (χ4n) is 2.30. The van der Waals surface area contributed by atoms with E-state index in [-0.39, 0.29) is 10.4 Å². The third-order valence-electron chi connectivity index (χ3n) is 3.49. The maximum absolute atomic E-state index is 13.3. The van der Waals surface area contributed by atoms with E-state index < -0.39 is 18.1 Å². The van der Waals surface area contributed by atoms with Crippen LogP contribution in [0.2, 0.25) is 0 Å². The van der Waals surface area contributed by atoms with Gasteiger partial charge in [0.05, 0.1) is 6.20 Å². The molecule has 0 aliphatic carbocycles. The number of amides is 1. The first-order valence-corrected chi connectivity index (χ1v) is 8.20. The van der Waals surface area contributed by atoms with Crippen LogP contribution in [0.1, 0.15) is 21.3 Å². The molecule has 0 saturated carbocycles. The third-order valence-corrected chi connectivity index (χ3v) is 4.53. The molecule has 1 atom stereocenters. The number of aromatic nitrogens is 1. The van der Waals surface area contributed by atoms with Crippen molar-refractivity contribution in [1.29, 1.82) is 0 Å². The molecule has 0 radical (unpaired) electrons. The van der Waals surface area contributed by atoms with Crippen LogP contribution in [0.3, 0.4) is 0 Å².